The van der Waals surface area contributed by atoms with E-state index in [0.717, 1.165) is 48.6 Å². The first-order valence-electron chi connectivity index (χ1n) is 10.3. The van der Waals surface area contributed by atoms with Gasteiger partial charge in [-0.2, -0.15) is 0 Å². The van der Waals surface area contributed by atoms with Crippen LogP contribution in [0.2, 0.25) is 5.02 Å². The van der Waals surface area contributed by atoms with Gasteiger partial charge in [-0.3, -0.25) is 9.69 Å². The maximum atomic E-state index is 13.1. The number of nitrogen functional groups attached to an aromatic ring is 1. The monoisotopic (exact) mass is 454 g/mol. The highest BCUT2D eigenvalue weighted by atomic mass is 35.5. The molecule has 160 valence electrons. The number of para-hydroxylation sites is 1. The molecule has 2 aliphatic heterocycles. The van der Waals surface area contributed by atoms with Crippen LogP contribution in [-0.4, -0.2) is 29.6 Å². The molecule has 0 bridgehead atoms. The number of likely N-dealkylation sites (tertiary alicyclic amines) is 1. The zero-order chi connectivity index (χ0) is 21.6. The first-order chi connectivity index (χ1) is 14.9. The van der Waals surface area contributed by atoms with Gasteiger partial charge in [-0.25, -0.2) is 0 Å². The van der Waals surface area contributed by atoms with Gasteiger partial charge in [-0.05, 0) is 53.8 Å². The second-order valence-electron chi connectivity index (χ2n) is 8.13. The van der Waals surface area contributed by atoms with Crippen LogP contribution in [0.3, 0.4) is 0 Å². The molecule has 2 aromatic carbocycles. The SMILES string of the molecule is Cc1cccc2c1OC1(CCN(Cc3csc(N)c3C(=O)c3ccc(Cl)cc3)CC1)O2. The van der Waals surface area contributed by atoms with Crippen molar-refractivity contribution in [3.8, 4) is 11.5 Å². The number of ketones is 1. The average Bonchev–Trinajstić information content (AvgIpc) is 3.31. The largest absolute Gasteiger partial charge is 0.448 e. The minimum absolute atomic E-state index is 0.0627. The van der Waals surface area contributed by atoms with Gasteiger partial charge in [-0.15, -0.1) is 11.3 Å². The number of benzene rings is 2. The zero-order valence-corrected chi connectivity index (χ0v) is 18.8. The Morgan fingerprint density at radius 1 is 1.16 bits per heavy atom. The lowest BCUT2D eigenvalue weighted by atomic mass is 9.99. The molecule has 0 saturated carbocycles. The van der Waals surface area contributed by atoms with Crippen LogP contribution in [0.4, 0.5) is 5.00 Å². The summed E-state index contributed by atoms with van der Waals surface area (Å²) in [6, 6.07) is 12.9. The van der Waals surface area contributed by atoms with Crippen LogP contribution in [0.5, 0.6) is 11.5 Å². The van der Waals surface area contributed by atoms with E-state index in [0.29, 0.717) is 27.7 Å². The molecule has 2 aliphatic rings. The van der Waals surface area contributed by atoms with Crippen LogP contribution in [0.25, 0.3) is 0 Å². The van der Waals surface area contributed by atoms with Crippen LogP contribution >= 0.6 is 22.9 Å². The number of piperidine rings is 1. The van der Waals surface area contributed by atoms with E-state index in [9.17, 15) is 4.79 Å². The molecule has 1 fully saturated rings. The second-order valence-corrected chi connectivity index (χ2v) is 9.48. The first kappa shape index (κ1) is 20.4. The minimum atomic E-state index is -0.583. The molecule has 2 N–H and O–H groups in total. The van der Waals surface area contributed by atoms with Crippen molar-refractivity contribution in [2.75, 3.05) is 18.8 Å². The van der Waals surface area contributed by atoms with E-state index in [-0.39, 0.29) is 5.78 Å². The van der Waals surface area contributed by atoms with Crippen LogP contribution < -0.4 is 15.2 Å². The number of hydrogen-bond donors (Lipinski definition) is 1. The van der Waals surface area contributed by atoms with Crippen molar-refractivity contribution in [2.45, 2.75) is 32.1 Å². The van der Waals surface area contributed by atoms with Gasteiger partial charge in [0.2, 0.25) is 0 Å². The first-order valence-corrected chi connectivity index (χ1v) is 11.6. The van der Waals surface area contributed by atoms with Crippen molar-refractivity contribution in [2.24, 2.45) is 0 Å². The summed E-state index contributed by atoms with van der Waals surface area (Å²) in [6.45, 7) is 4.34. The summed E-state index contributed by atoms with van der Waals surface area (Å²) in [5.74, 6) is 1.04. The van der Waals surface area contributed by atoms with Gasteiger partial charge in [0.15, 0.2) is 17.3 Å². The summed E-state index contributed by atoms with van der Waals surface area (Å²) in [7, 11) is 0. The smallest absolute Gasteiger partial charge is 0.254 e. The predicted octanol–water partition coefficient (Wildman–Crippen LogP) is 5.29. The van der Waals surface area contributed by atoms with Crippen molar-refractivity contribution in [3.05, 3.63) is 75.1 Å². The fraction of sp³-hybridized carbons (Fsp3) is 0.292. The summed E-state index contributed by atoms with van der Waals surface area (Å²) in [6.07, 6.45) is 1.53. The van der Waals surface area contributed by atoms with Crippen molar-refractivity contribution >= 4 is 33.7 Å². The molecule has 0 radical (unpaired) electrons. The normalized spacial score (nSPS) is 17.2. The Balaban J connectivity index is 1.28. The lowest BCUT2D eigenvalue weighted by Gasteiger charge is -2.37. The van der Waals surface area contributed by atoms with E-state index < -0.39 is 5.79 Å². The zero-order valence-electron chi connectivity index (χ0n) is 17.2. The Morgan fingerprint density at radius 2 is 1.90 bits per heavy atom. The van der Waals surface area contributed by atoms with E-state index in [1.54, 1.807) is 24.3 Å². The number of fused-ring (bicyclic) bond motifs is 1. The molecular weight excluding hydrogens is 432 g/mol. The molecular formula is C24H23ClN2O3S. The number of nitrogens with two attached hydrogens (primary N) is 1. The third kappa shape index (κ3) is 3.80. The molecule has 5 rings (SSSR count). The summed E-state index contributed by atoms with van der Waals surface area (Å²) >= 11 is 7.37. The van der Waals surface area contributed by atoms with E-state index in [1.807, 2.05) is 30.5 Å². The lowest BCUT2D eigenvalue weighted by Crippen LogP contribution is -2.49. The fourth-order valence-corrected chi connectivity index (χ4v) is 5.20. The second kappa shape index (κ2) is 7.86. The van der Waals surface area contributed by atoms with Crippen LogP contribution in [0, 0.1) is 6.92 Å². The molecule has 3 aromatic rings. The molecule has 7 heteroatoms. The topological polar surface area (TPSA) is 64.8 Å². The number of anilines is 1. The Morgan fingerprint density at radius 3 is 2.61 bits per heavy atom. The van der Waals surface area contributed by atoms with Gasteiger partial charge in [0, 0.05) is 43.1 Å². The molecule has 1 saturated heterocycles. The summed E-state index contributed by atoms with van der Waals surface area (Å²) in [5.41, 5.74) is 9.43. The number of halogens is 1. The number of carbonyl (C=O) groups excluding carboxylic acids is 1. The third-order valence-electron chi connectivity index (χ3n) is 6.00. The van der Waals surface area contributed by atoms with Crippen LogP contribution in [0.1, 0.15) is 39.9 Å². The molecule has 5 nitrogen and oxygen atoms in total. The van der Waals surface area contributed by atoms with Gasteiger partial charge >= 0.3 is 0 Å². The van der Waals surface area contributed by atoms with E-state index in [2.05, 4.69) is 4.90 Å². The molecule has 0 amide bonds. The Hall–Kier alpha value is -2.54. The van der Waals surface area contributed by atoms with Gasteiger partial charge < -0.3 is 15.2 Å². The molecule has 1 spiro atoms. The fourth-order valence-electron chi connectivity index (χ4n) is 4.27. The molecule has 0 atom stereocenters. The summed E-state index contributed by atoms with van der Waals surface area (Å²) < 4.78 is 12.5. The predicted molar refractivity (Wildman–Crippen MR) is 123 cm³/mol. The minimum Gasteiger partial charge on any atom is -0.448 e. The van der Waals surface area contributed by atoms with Gasteiger partial charge in [0.05, 0.1) is 10.6 Å². The highest BCUT2D eigenvalue weighted by molar-refractivity contribution is 7.14. The standard InChI is InChI=1S/C24H23ClN2O3S/c1-15-3-2-4-19-22(15)30-24(29-19)9-11-27(12-10-24)13-17-14-31-23(26)20(17)21(28)16-5-7-18(25)8-6-16/h2-8,14H,9-13,26H2,1H3. The van der Waals surface area contributed by atoms with Crippen molar-refractivity contribution < 1.29 is 14.3 Å². The van der Waals surface area contributed by atoms with Crippen molar-refractivity contribution in [3.63, 3.8) is 0 Å². The molecule has 0 aliphatic carbocycles. The molecule has 1 aromatic heterocycles. The quantitative estimate of drug-likeness (QED) is 0.543. The maximum absolute atomic E-state index is 13.1. The number of aryl methyl sites for hydroxylation is 1. The Kier molecular flexibility index (Phi) is 5.16. The van der Waals surface area contributed by atoms with Crippen LogP contribution in [-0.2, 0) is 6.54 Å². The lowest BCUT2D eigenvalue weighted by molar-refractivity contribution is -0.120. The molecule has 3 heterocycles. The number of nitrogens with zero attached hydrogens (tertiary/aromatic N) is 1. The summed E-state index contributed by atoms with van der Waals surface area (Å²) in [4.78, 5) is 15.4. The van der Waals surface area contributed by atoms with E-state index in [1.165, 1.54) is 11.3 Å². The third-order valence-corrected chi connectivity index (χ3v) is 7.11. The Labute approximate surface area is 190 Å². The number of ether oxygens (including phenoxy) is 2. The Bertz CT molecular complexity index is 1130. The number of rotatable bonds is 4. The van der Waals surface area contributed by atoms with Gasteiger partial charge in [-0.1, -0.05) is 23.7 Å². The number of hydrogen-bond acceptors (Lipinski definition) is 6. The van der Waals surface area contributed by atoms with Crippen molar-refractivity contribution in [1.82, 2.24) is 4.90 Å². The summed E-state index contributed by atoms with van der Waals surface area (Å²) in [5, 5.41) is 3.15. The van der Waals surface area contributed by atoms with Crippen molar-refractivity contribution in [1.29, 1.82) is 0 Å². The molecule has 31 heavy (non-hydrogen) atoms. The average molecular weight is 455 g/mol. The molecule has 0 unspecified atom stereocenters. The maximum Gasteiger partial charge on any atom is 0.254 e. The number of carbonyl (C=O) groups is 1. The number of thiophene rings is 1. The van der Waals surface area contributed by atoms with E-state index >= 15 is 0 Å². The van der Waals surface area contributed by atoms with Gasteiger partial charge in [0.25, 0.3) is 5.79 Å². The van der Waals surface area contributed by atoms with E-state index in [4.69, 9.17) is 26.8 Å². The highest BCUT2D eigenvalue weighted by Gasteiger charge is 2.44. The van der Waals surface area contributed by atoms with Crippen LogP contribution in [0.15, 0.2) is 47.8 Å². The highest BCUT2D eigenvalue weighted by Crippen LogP contribution is 2.45. The van der Waals surface area contributed by atoms with Gasteiger partial charge in [0.1, 0.15) is 0 Å².